The molecule has 0 atom stereocenters. The number of carbonyl (C=O) groups is 1. The van der Waals surface area contributed by atoms with E-state index >= 15 is 0 Å². The molecule has 0 fully saturated rings. The van der Waals surface area contributed by atoms with Gasteiger partial charge >= 0.3 is 0 Å². The number of aromatic amines is 1. The molecule has 0 saturated heterocycles. The minimum Gasteiger partial charge on any atom is -0.491 e. The Morgan fingerprint density at radius 3 is 2.50 bits per heavy atom. The summed E-state index contributed by atoms with van der Waals surface area (Å²) in [7, 11) is 0. The smallest absolute Gasteiger partial charge is 0.213 e. The lowest BCUT2D eigenvalue weighted by molar-refractivity contribution is 0.103. The van der Waals surface area contributed by atoms with Crippen molar-refractivity contribution in [2.24, 2.45) is 0 Å². The molecule has 3 N–H and O–H groups in total. The minimum atomic E-state index is -0.0885. The first-order valence-corrected chi connectivity index (χ1v) is 6.69. The van der Waals surface area contributed by atoms with Crippen LogP contribution in [-0.4, -0.2) is 17.4 Å². The van der Waals surface area contributed by atoms with E-state index in [4.69, 9.17) is 10.5 Å². The summed E-state index contributed by atoms with van der Waals surface area (Å²) in [5.41, 5.74) is 10.6. The molecule has 0 saturated carbocycles. The molecule has 1 heterocycles. The largest absolute Gasteiger partial charge is 0.491 e. The Hall–Kier alpha value is -2.23. The van der Waals surface area contributed by atoms with Gasteiger partial charge in [-0.2, -0.15) is 0 Å². The van der Waals surface area contributed by atoms with Crippen molar-refractivity contribution in [2.75, 3.05) is 12.3 Å². The number of rotatable bonds is 4. The second kappa shape index (κ2) is 5.41. The van der Waals surface area contributed by atoms with Crippen molar-refractivity contribution in [1.29, 1.82) is 0 Å². The number of anilines is 1. The Morgan fingerprint density at radius 1 is 1.25 bits per heavy atom. The normalized spacial score (nSPS) is 10.6. The molecule has 106 valence electrons. The highest BCUT2D eigenvalue weighted by Crippen LogP contribution is 2.29. The van der Waals surface area contributed by atoms with Crippen LogP contribution in [0, 0.1) is 20.8 Å². The molecule has 0 aliphatic heterocycles. The number of hydrogen-bond acceptors (Lipinski definition) is 3. The monoisotopic (exact) mass is 272 g/mol. The van der Waals surface area contributed by atoms with Gasteiger partial charge in [-0.05, 0) is 51.0 Å². The van der Waals surface area contributed by atoms with Gasteiger partial charge in [0, 0.05) is 5.69 Å². The molecule has 0 spiro atoms. The van der Waals surface area contributed by atoms with Crippen LogP contribution in [0.2, 0.25) is 0 Å². The number of nitrogen functional groups attached to an aromatic ring is 1. The Kier molecular flexibility index (Phi) is 3.84. The number of nitrogens with two attached hydrogens (primary N) is 1. The molecule has 2 rings (SSSR count). The summed E-state index contributed by atoms with van der Waals surface area (Å²) in [6.45, 7) is 8.24. The topological polar surface area (TPSA) is 68.1 Å². The number of aryl methyl sites for hydroxylation is 1. The summed E-state index contributed by atoms with van der Waals surface area (Å²) >= 11 is 0. The fourth-order valence-corrected chi connectivity index (χ4v) is 2.24. The summed E-state index contributed by atoms with van der Waals surface area (Å²) < 4.78 is 5.53. The van der Waals surface area contributed by atoms with Crippen molar-refractivity contribution in [3.8, 4) is 5.75 Å². The number of carbonyl (C=O) groups excluding carboxylic acids is 1. The number of nitrogens with one attached hydrogen (secondary N) is 1. The molecule has 0 aliphatic carbocycles. The van der Waals surface area contributed by atoms with Gasteiger partial charge in [0.1, 0.15) is 0 Å². The lowest BCUT2D eigenvalue weighted by Crippen LogP contribution is -2.09. The maximum absolute atomic E-state index is 12.7. The molecule has 0 amide bonds. The van der Waals surface area contributed by atoms with Crippen LogP contribution in [-0.2, 0) is 0 Å². The average molecular weight is 272 g/mol. The second-order valence-electron chi connectivity index (χ2n) is 4.86. The van der Waals surface area contributed by atoms with Crippen molar-refractivity contribution in [3.63, 3.8) is 0 Å². The second-order valence-corrected chi connectivity index (χ2v) is 4.86. The van der Waals surface area contributed by atoms with Crippen LogP contribution >= 0.6 is 0 Å². The minimum absolute atomic E-state index is 0.0885. The van der Waals surface area contributed by atoms with E-state index in [1.54, 1.807) is 18.2 Å². The third kappa shape index (κ3) is 2.29. The maximum atomic E-state index is 12.7. The van der Waals surface area contributed by atoms with Gasteiger partial charge in [0.2, 0.25) is 5.78 Å². The van der Waals surface area contributed by atoms with E-state index in [1.807, 2.05) is 27.7 Å². The highest BCUT2D eigenvalue weighted by molar-refractivity contribution is 6.11. The van der Waals surface area contributed by atoms with Crippen LogP contribution in [0.5, 0.6) is 5.75 Å². The molecule has 0 unspecified atom stereocenters. The van der Waals surface area contributed by atoms with Crippen LogP contribution in [0.1, 0.15) is 39.8 Å². The van der Waals surface area contributed by atoms with Crippen molar-refractivity contribution >= 4 is 11.5 Å². The predicted octanol–water partition coefficient (Wildman–Crippen LogP) is 3.15. The van der Waals surface area contributed by atoms with Crippen LogP contribution in [0.4, 0.5) is 5.69 Å². The van der Waals surface area contributed by atoms with Crippen LogP contribution in [0.3, 0.4) is 0 Å². The van der Waals surface area contributed by atoms with E-state index in [1.165, 1.54) is 0 Å². The van der Waals surface area contributed by atoms with E-state index in [0.29, 0.717) is 29.3 Å². The van der Waals surface area contributed by atoms with Gasteiger partial charge in [-0.15, -0.1) is 0 Å². The highest BCUT2D eigenvalue weighted by Gasteiger charge is 2.21. The first kappa shape index (κ1) is 14.2. The molecule has 0 aliphatic rings. The van der Waals surface area contributed by atoms with Crippen molar-refractivity contribution in [2.45, 2.75) is 27.7 Å². The molecule has 20 heavy (non-hydrogen) atoms. The van der Waals surface area contributed by atoms with Crippen LogP contribution in [0.15, 0.2) is 18.2 Å². The van der Waals surface area contributed by atoms with Crippen LogP contribution in [0.25, 0.3) is 0 Å². The van der Waals surface area contributed by atoms with Gasteiger partial charge in [-0.3, -0.25) is 4.79 Å². The van der Waals surface area contributed by atoms with Crippen LogP contribution < -0.4 is 10.5 Å². The fraction of sp³-hybridized carbons (Fsp3) is 0.312. The molecule has 0 radical (unpaired) electrons. The number of aromatic nitrogens is 1. The Morgan fingerprint density at radius 2 is 1.95 bits per heavy atom. The third-order valence-corrected chi connectivity index (χ3v) is 3.62. The van der Waals surface area contributed by atoms with Crippen molar-refractivity contribution in [1.82, 2.24) is 4.98 Å². The molecule has 4 nitrogen and oxygen atoms in total. The Bertz CT molecular complexity index is 657. The van der Waals surface area contributed by atoms with Gasteiger partial charge in [-0.25, -0.2) is 0 Å². The van der Waals surface area contributed by atoms with E-state index in [2.05, 4.69) is 4.98 Å². The lowest BCUT2D eigenvalue weighted by atomic mass is 10.0. The standard InChI is InChI=1S/C16H20N2O2/c1-5-20-16-12(7-6-8-13(16)17)15(19)14-10(3)9(2)11(4)18-14/h6-8,18H,5,17H2,1-4H3. The van der Waals surface area contributed by atoms with Gasteiger partial charge in [0.15, 0.2) is 5.75 Å². The first-order chi connectivity index (χ1) is 9.47. The molecular weight excluding hydrogens is 252 g/mol. The third-order valence-electron chi connectivity index (χ3n) is 3.62. The number of ether oxygens (including phenoxy) is 1. The zero-order chi connectivity index (χ0) is 14.9. The number of H-pyrrole nitrogens is 1. The van der Waals surface area contributed by atoms with Gasteiger partial charge < -0.3 is 15.5 Å². The Balaban J connectivity index is 2.53. The molecule has 1 aromatic heterocycles. The van der Waals surface area contributed by atoms with Crippen molar-refractivity contribution < 1.29 is 9.53 Å². The van der Waals surface area contributed by atoms with Gasteiger partial charge in [0.05, 0.1) is 23.6 Å². The SMILES string of the molecule is CCOc1c(N)cccc1C(=O)c1[nH]c(C)c(C)c1C. The van der Waals surface area contributed by atoms with Gasteiger partial charge in [0.25, 0.3) is 0 Å². The van der Waals surface area contributed by atoms with E-state index in [-0.39, 0.29) is 5.78 Å². The fourth-order valence-electron chi connectivity index (χ4n) is 2.24. The number of para-hydroxylation sites is 1. The quantitative estimate of drug-likeness (QED) is 0.663. The molecule has 1 aromatic carbocycles. The number of hydrogen-bond donors (Lipinski definition) is 2. The summed E-state index contributed by atoms with van der Waals surface area (Å²) in [6, 6.07) is 5.25. The number of benzene rings is 1. The summed E-state index contributed by atoms with van der Waals surface area (Å²) in [4.78, 5) is 15.9. The van der Waals surface area contributed by atoms with E-state index in [0.717, 1.165) is 16.8 Å². The summed E-state index contributed by atoms with van der Waals surface area (Å²) in [6.07, 6.45) is 0. The Labute approximate surface area is 119 Å². The number of ketones is 1. The molecular formula is C16H20N2O2. The molecule has 4 heteroatoms. The molecule has 2 aromatic rings. The van der Waals surface area contributed by atoms with E-state index in [9.17, 15) is 4.79 Å². The van der Waals surface area contributed by atoms with Gasteiger partial charge in [-0.1, -0.05) is 6.07 Å². The average Bonchev–Trinajstić information content (AvgIpc) is 2.68. The molecule has 0 bridgehead atoms. The first-order valence-electron chi connectivity index (χ1n) is 6.69. The highest BCUT2D eigenvalue weighted by atomic mass is 16.5. The zero-order valence-electron chi connectivity index (χ0n) is 12.3. The maximum Gasteiger partial charge on any atom is 0.213 e. The summed E-state index contributed by atoms with van der Waals surface area (Å²) in [5.74, 6) is 0.374. The predicted molar refractivity (Wildman–Crippen MR) is 80.5 cm³/mol. The lowest BCUT2D eigenvalue weighted by Gasteiger charge is -2.11. The zero-order valence-corrected chi connectivity index (χ0v) is 12.3. The van der Waals surface area contributed by atoms with E-state index < -0.39 is 0 Å². The van der Waals surface area contributed by atoms with Crippen molar-refractivity contribution in [3.05, 3.63) is 46.3 Å². The summed E-state index contributed by atoms with van der Waals surface area (Å²) in [5, 5.41) is 0.